The van der Waals surface area contributed by atoms with Gasteiger partial charge in [0, 0.05) is 18.1 Å². The van der Waals surface area contributed by atoms with E-state index >= 15 is 0 Å². The minimum atomic E-state index is 0. The van der Waals surface area contributed by atoms with Gasteiger partial charge in [-0.2, -0.15) is 0 Å². The van der Waals surface area contributed by atoms with E-state index in [1.165, 1.54) is 0 Å². The highest BCUT2D eigenvalue weighted by atomic mass is 35.5. The van der Waals surface area contributed by atoms with Gasteiger partial charge < -0.3 is 10.2 Å². The number of benzene rings is 1. The summed E-state index contributed by atoms with van der Waals surface area (Å²) in [6.07, 6.45) is 3.09. The Labute approximate surface area is 132 Å². The van der Waals surface area contributed by atoms with Crippen LogP contribution in [-0.4, -0.2) is 29.9 Å². The molecule has 1 heterocycles. The maximum Gasteiger partial charge on any atom is 0.240 e. The van der Waals surface area contributed by atoms with Gasteiger partial charge in [-0.05, 0) is 37.1 Å². The van der Waals surface area contributed by atoms with Gasteiger partial charge >= 0.3 is 0 Å². The summed E-state index contributed by atoms with van der Waals surface area (Å²) in [5.41, 5.74) is 1.09. The number of hydrogen-bond acceptors (Lipinski definition) is 2. The monoisotopic (exact) mass is 316 g/mol. The van der Waals surface area contributed by atoms with Crippen LogP contribution in [0.25, 0.3) is 0 Å². The zero-order valence-corrected chi connectivity index (χ0v) is 13.3. The van der Waals surface area contributed by atoms with E-state index in [2.05, 4.69) is 12.2 Å². The molecule has 1 aliphatic heterocycles. The fourth-order valence-corrected chi connectivity index (χ4v) is 2.40. The van der Waals surface area contributed by atoms with Crippen molar-refractivity contribution in [2.45, 2.75) is 38.8 Å². The summed E-state index contributed by atoms with van der Waals surface area (Å²) in [6.45, 7) is 4.57. The molecule has 112 valence electrons. The van der Waals surface area contributed by atoms with E-state index in [1.54, 1.807) is 0 Å². The molecule has 1 aromatic rings. The lowest BCUT2D eigenvalue weighted by Gasteiger charge is -2.33. The molecular weight excluding hydrogens is 295 g/mol. The lowest BCUT2D eigenvalue weighted by atomic mass is 10.1. The van der Waals surface area contributed by atoms with Crippen LogP contribution in [0.1, 0.15) is 31.7 Å². The SMILES string of the molecule is CCCCN(Cc1cccc(Cl)c1)C(=O)C1CCN1.Cl. The van der Waals surface area contributed by atoms with Gasteiger partial charge in [-0.1, -0.05) is 37.1 Å². The van der Waals surface area contributed by atoms with Crippen LogP contribution in [0.4, 0.5) is 0 Å². The number of carbonyl (C=O) groups excluding carboxylic acids is 1. The Hall–Kier alpha value is -0.770. The third-order valence-electron chi connectivity index (χ3n) is 3.48. The molecule has 0 aromatic heterocycles. The van der Waals surface area contributed by atoms with Crippen LogP contribution in [0.3, 0.4) is 0 Å². The highest BCUT2D eigenvalue weighted by molar-refractivity contribution is 6.30. The lowest BCUT2D eigenvalue weighted by molar-refractivity contribution is -0.135. The number of halogens is 2. The lowest BCUT2D eigenvalue weighted by Crippen LogP contribution is -2.54. The van der Waals surface area contributed by atoms with Gasteiger partial charge in [0.05, 0.1) is 6.04 Å². The summed E-state index contributed by atoms with van der Waals surface area (Å²) in [6, 6.07) is 7.77. The van der Waals surface area contributed by atoms with Gasteiger partial charge in [0.2, 0.25) is 5.91 Å². The van der Waals surface area contributed by atoms with Crippen molar-refractivity contribution in [1.82, 2.24) is 10.2 Å². The molecule has 1 N–H and O–H groups in total. The third-order valence-corrected chi connectivity index (χ3v) is 3.71. The molecule has 20 heavy (non-hydrogen) atoms. The first-order valence-electron chi connectivity index (χ1n) is 6.97. The van der Waals surface area contributed by atoms with E-state index in [-0.39, 0.29) is 24.4 Å². The maximum atomic E-state index is 12.4. The number of unbranched alkanes of at least 4 members (excludes halogenated alkanes) is 1. The fraction of sp³-hybridized carbons (Fsp3) is 0.533. The van der Waals surface area contributed by atoms with Crippen molar-refractivity contribution < 1.29 is 4.79 Å². The number of amides is 1. The van der Waals surface area contributed by atoms with Gasteiger partial charge in [-0.25, -0.2) is 0 Å². The summed E-state index contributed by atoms with van der Waals surface area (Å²) in [5.74, 6) is 0.222. The molecule has 0 aliphatic carbocycles. The predicted octanol–water partition coefficient (Wildman–Crippen LogP) is 3.25. The van der Waals surface area contributed by atoms with E-state index in [9.17, 15) is 4.79 Å². The van der Waals surface area contributed by atoms with Crippen molar-refractivity contribution in [1.29, 1.82) is 0 Å². The van der Waals surface area contributed by atoms with Gasteiger partial charge in [-0.3, -0.25) is 4.79 Å². The van der Waals surface area contributed by atoms with E-state index in [1.807, 2.05) is 29.2 Å². The molecule has 0 radical (unpaired) electrons. The Morgan fingerprint density at radius 2 is 2.25 bits per heavy atom. The number of hydrogen-bond donors (Lipinski definition) is 1. The van der Waals surface area contributed by atoms with E-state index < -0.39 is 0 Å². The Morgan fingerprint density at radius 3 is 2.80 bits per heavy atom. The van der Waals surface area contributed by atoms with Crippen LogP contribution >= 0.6 is 24.0 Å². The predicted molar refractivity (Wildman–Crippen MR) is 85.4 cm³/mol. The smallest absolute Gasteiger partial charge is 0.240 e. The Bertz CT molecular complexity index is 436. The second-order valence-electron chi connectivity index (χ2n) is 5.04. The molecule has 1 fully saturated rings. The number of nitrogens with zero attached hydrogens (tertiary/aromatic N) is 1. The molecule has 0 bridgehead atoms. The topological polar surface area (TPSA) is 32.3 Å². The minimum Gasteiger partial charge on any atom is -0.337 e. The van der Waals surface area contributed by atoms with Crippen molar-refractivity contribution in [3.8, 4) is 0 Å². The molecule has 1 saturated heterocycles. The average Bonchev–Trinajstić information content (AvgIpc) is 2.32. The zero-order chi connectivity index (χ0) is 13.7. The van der Waals surface area contributed by atoms with Crippen molar-refractivity contribution >= 4 is 29.9 Å². The summed E-state index contributed by atoms with van der Waals surface area (Å²) >= 11 is 6.00. The average molecular weight is 317 g/mol. The molecule has 1 aliphatic rings. The van der Waals surface area contributed by atoms with Crippen LogP contribution in [0.2, 0.25) is 5.02 Å². The fourth-order valence-electron chi connectivity index (χ4n) is 2.19. The van der Waals surface area contributed by atoms with Crippen molar-refractivity contribution in [2.24, 2.45) is 0 Å². The highest BCUT2D eigenvalue weighted by Gasteiger charge is 2.28. The molecule has 3 nitrogen and oxygen atoms in total. The van der Waals surface area contributed by atoms with Crippen molar-refractivity contribution in [2.75, 3.05) is 13.1 Å². The standard InChI is InChI=1S/C15H21ClN2O.ClH/c1-2-3-9-18(15(19)14-7-8-17-14)11-12-5-4-6-13(16)10-12;/h4-6,10,14,17H,2-3,7-9,11H2,1H3;1H. The second-order valence-corrected chi connectivity index (χ2v) is 5.48. The van der Waals surface area contributed by atoms with E-state index in [0.717, 1.165) is 42.9 Å². The summed E-state index contributed by atoms with van der Waals surface area (Å²) in [7, 11) is 0. The Morgan fingerprint density at radius 1 is 1.50 bits per heavy atom. The van der Waals surface area contributed by atoms with Crippen LogP contribution in [-0.2, 0) is 11.3 Å². The normalized spacial score (nSPS) is 17.0. The van der Waals surface area contributed by atoms with Gasteiger partial charge in [0.15, 0.2) is 0 Å². The molecule has 1 aromatic carbocycles. The largest absolute Gasteiger partial charge is 0.337 e. The molecule has 5 heteroatoms. The van der Waals surface area contributed by atoms with Gasteiger partial charge in [-0.15, -0.1) is 12.4 Å². The molecular formula is C15H22Cl2N2O. The van der Waals surface area contributed by atoms with E-state index in [0.29, 0.717) is 6.54 Å². The molecule has 1 atom stereocenters. The summed E-state index contributed by atoms with van der Waals surface area (Å²) < 4.78 is 0. The molecule has 0 saturated carbocycles. The van der Waals surface area contributed by atoms with E-state index in [4.69, 9.17) is 11.6 Å². The first kappa shape index (κ1) is 17.3. The number of rotatable bonds is 6. The van der Waals surface area contributed by atoms with Gasteiger partial charge in [0.25, 0.3) is 0 Å². The van der Waals surface area contributed by atoms with Crippen molar-refractivity contribution in [3.05, 3.63) is 34.9 Å². The summed E-state index contributed by atoms with van der Waals surface area (Å²) in [4.78, 5) is 14.3. The molecule has 1 unspecified atom stereocenters. The first-order chi connectivity index (χ1) is 9.20. The van der Waals surface area contributed by atoms with Gasteiger partial charge in [0.1, 0.15) is 0 Å². The highest BCUT2D eigenvalue weighted by Crippen LogP contribution is 2.15. The second kappa shape index (κ2) is 8.50. The Balaban J connectivity index is 0.00000200. The zero-order valence-electron chi connectivity index (χ0n) is 11.8. The van der Waals surface area contributed by atoms with Crippen LogP contribution in [0.15, 0.2) is 24.3 Å². The van der Waals surface area contributed by atoms with Crippen molar-refractivity contribution in [3.63, 3.8) is 0 Å². The number of carbonyl (C=O) groups is 1. The molecule has 0 spiro atoms. The first-order valence-corrected chi connectivity index (χ1v) is 7.35. The van der Waals surface area contributed by atoms with Crippen LogP contribution in [0, 0.1) is 0 Å². The third kappa shape index (κ3) is 4.65. The van der Waals surface area contributed by atoms with Crippen LogP contribution in [0.5, 0.6) is 0 Å². The van der Waals surface area contributed by atoms with Crippen LogP contribution < -0.4 is 5.32 Å². The quantitative estimate of drug-likeness (QED) is 0.873. The summed E-state index contributed by atoms with van der Waals surface area (Å²) in [5, 5.41) is 3.91. The molecule has 2 rings (SSSR count). The number of nitrogens with one attached hydrogen (secondary N) is 1. The minimum absolute atomic E-state index is 0. The Kier molecular flexibility index (Phi) is 7.35. The maximum absolute atomic E-state index is 12.4. The molecule has 1 amide bonds.